The van der Waals surface area contributed by atoms with Crippen LogP contribution in [-0.2, 0) is 27.3 Å². The number of ketones is 1. The van der Waals surface area contributed by atoms with Crippen LogP contribution >= 0.6 is 11.6 Å². The third kappa shape index (κ3) is 5.01. The number of hydrogen-bond acceptors (Lipinski definition) is 6. The van der Waals surface area contributed by atoms with E-state index in [2.05, 4.69) is 10.6 Å². The monoisotopic (exact) mass is 568 g/mol. The van der Waals surface area contributed by atoms with E-state index in [0.29, 0.717) is 61.6 Å². The molecule has 210 valence electrons. The molecule has 0 radical (unpaired) electrons. The molecule has 3 heterocycles. The smallest absolute Gasteiger partial charge is 0.293 e. The fourth-order valence-electron chi connectivity index (χ4n) is 5.79. The van der Waals surface area contributed by atoms with E-state index in [1.165, 1.54) is 17.0 Å². The van der Waals surface area contributed by atoms with Crippen LogP contribution in [-0.4, -0.2) is 63.5 Å². The number of hydrogen-bond donors (Lipinski definition) is 3. The van der Waals surface area contributed by atoms with Crippen molar-refractivity contribution in [2.75, 3.05) is 25.2 Å². The molecule has 2 aliphatic heterocycles. The fraction of sp³-hybridized carbons (Fsp3) is 0.500. The van der Waals surface area contributed by atoms with Crippen LogP contribution in [0.25, 0.3) is 0 Å². The zero-order valence-corrected chi connectivity index (χ0v) is 21.9. The van der Waals surface area contributed by atoms with E-state index in [0.717, 1.165) is 6.07 Å². The molecule has 1 saturated heterocycles. The Labute approximate surface area is 227 Å². The van der Waals surface area contributed by atoms with Crippen molar-refractivity contribution in [1.29, 1.82) is 0 Å². The number of nitrogens with one attached hydrogen (secondary N) is 2. The molecule has 0 spiro atoms. The van der Waals surface area contributed by atoms with E-state index in [9.17, 15) is 32.7 Å². The summed E-state index contributed by atoms with van der Waals surface area (Å²) in [6.45, 7) is 2.72. The van der Waals surface area contributed by atoms with Crippen molar-refractivity contribution >= 4 is 34.9 Å². The van der Waals surface area contributed by atoms with Crippen LogP contribution in [0, 0.1) is 12.7 Å². The highest BCUT2D eigenvalue weighted by Crippen LogP contribution is 2.47. The fourth-order valence-corrected chi connectivity index (χ4v) is 5.97. The number of aliphatic hydroxyl groups excluding tert-OH is 1. The first kappa shape index (κ1) is 27.5. The van der Waals surface area contributed by atoms with E-state index in [-0.39, 0.29) is 17.3 Å². The van der Waals surface area contributed by atoms with Crippen LogP contribution in [0.5, 0.6) is 0 Å². The molecule has 0 bridgehead atoms. The lowest BCUT2D eigenvalue weighted by molar-refractivity contribution is -0.179. The van der Waals surface area contributed by atoms with Gasteiger partial charge in [-0.2, -0.15) is 0 Å². The Balaban J connectivity index is 1.40. The molecule has 1 atom stereocenters. The second kappa shape index (κ2) is 10.1. The number of amides is 2. The van der Waals surface area contributed by atoms with Gasteiger partial charge in [0.1, 0.15) is 18.1 Å². The Morgan fingerprint density at radius 3 is 2.56 bits per heavy atom. The van der Waals surface area contributed by atoms with Crippen molar-refractivity contribution in [3.8, 4) is 0 Å². The van der Waals surface area contributed by atoms with Crippen LogP contribution < -0.4 is 10.6 Å². The maximum absolute atomic E-state index is 14.0. The molecular weight excluding hydrogens is 541 g/mol. The molecule has 1 aromatic carbocycles. The molecule has 3 aliphatic rings. The Hall–Kier alpha value is -3.09. The van der Waals surface area contributed by atoms with Gasteiger partial charge >= 0.3 is 0 Å². The minimum Gasteiger partial charge on any atom is -0.368 e. The van der Waals surface area contributed by atoms with Gasteiger partial charge in [0.25, 0.3) is 23.5 Å². The quantitative estimate of drug-likeness (QED) is 0.268. The van der Waals surface area contributed by atoms with Gasteiger partial charge in [-0.1, -0.05) is 11.6 Å². The van der Waals surface area contributed by atoms with Crippen molar-refractivity contribution in [1.82, 2.24) is 14.8 Å². The number of anilines is 1. The molecule has 5 rings (SSSR count). The van der Waals surface area contributed by atoms with Crippen molar-refractivity contribution in [2.45, 2.75) is 63.3 Å². The number of carbonyl (C=O) groups excluding carboxylic acids is 3. The highest BCUT2D eigenvalue weighted by molar-refractivity contribution is 6.44. The third-order valence-corrected chi connectivity index (χ3v) is 7.80. The number of aromatic nitrogens is 1. The van der Waals surface area contributed by atoms with Crippen LogP contribution in [0.15, 0.2) is 18.2 Å². The number of ether oxygens (including phenoxy) is 1. The van der Waals surface area contributed by atoms with Gasteiger partial charge in [0.05, 0.1) is 22.9 Å². The number of benzene rings is 1. The summed E-state index contributed by atoms with van der Waals surface area (Å²) in [7, 11) is 0. The van der Waals surface area contributed by atoms with E-state index in [4.69, 9.17) is 16.3 Å². The summed E-state index contributed by atoms with van der Waals surface area (Å²) in [4.78, 5) is 41.1. The zero-order valence-electron chi connectivity index (χ0n) is 21.2. The van der Waals surface area contributed by atoms with Gasteiger partial charge in [-0.25, -0.2) is 13.2 Å². The first-order valence-electron chi connectivity index (χ1n) is 12.7. The van der Waals surface area contributed by atoms with Crippen LogP contribution in [0.4, 0.5) is 18.9 Å². The molecule has 1 aromatic heterocycles. The topological polar surface area (TPSA) is 113 Å². The van der Waals surface area contributed by atoms with Gasteiger partial charge in [0.2, 0.25) is 0 Å². The summed E-state index contributed by atoms with van der Waals surface area (Å²) in [5, 5.41) is 16.0. The number of fused-ring (bicyclic) bond motifs is 1. The predicted molar refractivity (Wildman–Crippen MR) is 134 cm³/mol. The van der Waals surface area contributed by atoms with Crippen LogP contribution in [0.2, 0.25) is 5.02 Å². The molecule has 2 aromatic rings. The maximum Gasteiger partial charge on any atom is 0.293 e. The number of Topliss-reactive ketones (excluding diaryl/α,β-unsaturated/α-hetero) is 1. The largest absolute Gasteiger partial charge is 0.368 e. The summed E-state index contributed by atoms with van der Waals surface area (Å²) < 4.78 is 48.5. The van der Waals surface area contributed by atoms with Gasteiger partial charge in [0, 0.05) is 37.3 Å². The van der Waals surface area contributed by atoms with Crippen LogP contribution in [0.3, 0.4) is 0 Å². The van der Waals surface area contributed by atoms with E-state index in [1.54, 1.807) is 11.5 Å². The summed E-state index contributed by atoms with van der Waals surface area (Å²) in [5.74, 6) is -6.62. The SMILES string of the molecule is Cc1c(C(=O)C(=O)NC2(C(=O)N3CCCOC3)CC(F)(F)C2)c2n(c1C(O)Nc1ccc(F)c(Cl)c1)CCC2. The lowest BCUT2D eigenvalue weighted by atomic mass is 9.72. The highest BCUT2D eigenvalue weighted by atomic mass is 35.5. The molecular formula is C26H28ClF3N4O5. The molecule has 9 nitrogen and oxygen atoms in total. The Kier molecular flexibility index (Phi) is 7.15. The average Bonchev–Trinajstić information content (AvgIpc) is 3.44. The minimum absolute atomic E-state index is 0.0629. The molecule has 39 heavy (non-hydrogen) atoms. The number of aliphatic hydroxyl groups is 1. The van der Waals surface area contributed by atoms with Crippen molar-refractivity contribution in [3.05, 3.63) is 51.6 Å². The second-order valence-corrected chi connectivity index (χ2v) is 10.7. The summed E-state index contributed by atoms with van der Waals surface area (Å²) in [6.07, 6.45) is -1.50. The summed E-state index contributed by atoms with van der Waals surface area (Å²) in [6, 6.07) is 3.84. The molecule has 2 amide bonds. The van der Waals surface area contributed by atoms with E-state index >= 15 is 0 Å². The average molecular weight is 569 g/mol. The van der Waals surface area contributed by atoms with E-state index in [1.807, 2.05) is 0 Å². The lowest BCUT2D eigenvalue weighted by Crippen LogP contribution is -2.71. The summed E-state index contributed by atoms with van der Waals surface area (Å²) >= 11 is 5.84. The first-order valence-corrected chi connectivity index (χ1v) is 13.0. The summed E-state index contributed by atoms with van der Waals surface area (Å²) in [5.41, 5.74) is -0.301. The maximum atomic E-state index is 14.0. The molecule has 1 saturated carbocycles. The lowest BCUT2D eigenvalue weighted by Gasteiger charge is -2.48. The van der Waals surface area contributed by atoms with Gasteiger partial charge in [-0.3, -0.25) is 14.4 Å². The molecule has 1 aliphatic carbocycles. The predicted octanol–water partition coefficient (Wildman–Crippen LogP) is 3.31. The number of halogens is 4. The van der Waals surface area contributed by atoms with Crippen LogP contribution in [0.1, 0.15) is 59.2 Å². The standard InChI is InChI=1S/C26H28ClF3N4O5/c1-14-19(18-4-2-8-34(18)20(14)22(36)31-15-5-6-17(28)16(27)10-15)21(35)23(37)32-25(11-26(29,30)12-25)24(38)33-7-3-9-39-13-33/h5-6,10,22,31,36H,2-4,7-9,11-13H2,1H3,(H,32,37). The Morgan fingerprint density at radius 2 is 1.92 bits per heavy atom. The van der Waals surface area contributed by atoms with Gasteiger partial charge in [0.15, 0.2) is 6.23 Å². The molecule has 1 unspecified atom stereocenters. The highest BCUT2D eigenvalue weighted by Gasteiger charge is 2.63. The normalized spacial score (nSPS) is 20.1. The minimum atomic E-state index is -3.15. The second-order valence-electron chi connectivity index (χ2n) is 10.3. The molecule has 3 N–H and O–H groups in total. The number of carbonyl (C=O) groups is 3. The van der Waals surface area contributed by atoms with Crippen molar-refractivity contribution < 1.29 is 37.4 Å². The zero-order chi connectivity index (χ0) is 28.1. The van der Waals surface area contributed by atoms with Crippen molar-refractivity contribution in [2.24, 2.45) is 0 Å². The van der Waals surface area contributed by atoms with E-state index < -0.39 is 53.9 Å². The van der Waals surface area contributed by atoms with Gasteiger partial charge in [-0.05, 0) is 49.9 Å². The Morgan fingerprint density at radius 1 is 1.18 bits per heavy atom. The van der Waals surface area contributed by atoms with Gasteiger partial charge in [-0.15, -0.1) is 0 Å². The molecule has 2 fully saturated rings. The van der Waals surface area contributed by atoms with Gasteiger partial charge < -0.3 is 29.9 Å². The number of nitrogens with zero attached hydrogens (tertiary/aromatic N) is 2. The number of rotatable bonds is 7. The third-order valence-electron chi connectivity index (χ3n) is 7.51. The molecule has 13 heteroatoms. The number of alkyl halides is 2. The van der Waals surface area contributed by atoms with Crippen molar-refractivity contribution in [3.63, 3.8) is 0 Å². The first-order chi connectivity index (χ1) is 18.4. The Bertz CT molecular complexity index is 1330.